The fraction of sp³-hybridized carbons (Fsp3) is 1.00. The molecule has 0 aliphatic heterocycles. The molecule has 2 atom stereocenters. The molecule has 68 valence electrons. The lowest BCUT2D eigenvalue weighted by Gasteiger charge is -2.35. The largest absolute Gasteiger partial charge is 0.314 e. The molecule has 0 bridgehead atoms. The van der Waals surface area contributed by atoms with Crippen molar-refractivity contribution in [2.24, 2.45) is 5.92 Å². The van der Waals surface area contributed by atoms with E-state index in [2.05, 4.69) is 40.1 Å². The molecule has 1 heteroatoms. The molecule has 0 spiro atoms. The van der Waals surface area contributed by atoms with Crippen molar-refractivity contribution >= 4 is 0 Å². The van der Waals surface area contributed by atoms with Crippen molar-refractivity contribution in [1.29, 1.82) is 0 Å². The van der Waals surface area contributed by atoms with Gasteiger partial charge in [-0.1, -0.05) is 33.6 Å². The third kappa shape index (κ3) is 2.82. The van der Waals surface area contributed by atoms with Gasteiger partial charge in [-0.15, -0.1) is 0 Å². The van der Waals surface area contributed by atoms with E-state index in [4.69, 9.17) is 0 Å². The highest BCUT2D eigenvalue weighted by Gasteiger charge is 2.26. The average molecular weight is 157 g/mol. The van der Waals surface area contributed by atoms with E-state index in [0.29, 0.717) is 5.54 Å². The molecule has 0 radical (unpaired) electrons. The van der Waals surface area contributed by atoms with Crippen LogP contribution in [0.25, 0.3) is 0 Å². The van der Waals surface area contributed by atoms with Gasteiger partial charge in [0.15, 0.2) is 0 Å². The van der Waals surface area contributed by atoms with Crippen LogP contribution in [0.5, 0.6) is 0 Å². The molecule has 0 aromatic rings. The summed E-state index contributed by atoms with van der Waals surface area (Å²) in [6.07, 6.45) is 3.80. The van der Waals surface area contributed by atoms with Crippen LogP contribution in [-0.4, -0.2) is 12.6 Å². The van der Waals surface area contributed by atoms with Crippen LogP contribution in [-0.2, 0) is 0 Å². The number of hydrogen-bond acceptors (Lipinski definition) is 1. The number of hydrogen-bond donors (Lipinski definition) is 1. The van der Waals surface area contributed by atoms with E-state index in [1.54, 1.807) is 0 Å². The van der Waals surface area contributed by atoms with Crippen LogP contribution in [0.4, 0.5) is 0 Å². The second-order valence-electron chi connectivity index (χ2n) is 3.73. The minimum atomic E-state index is 0.351. The van der Waals surface area contributed by atoms with Crippen LogP contribution in [0.2, 0.25) is 0 Å². The Morgan fingerprint density at radius 3 is 2.18 bits per heavy atom. The Labute approximate surface area is 71.6 Å². The van der Waals surface area contributed by atoms with Gasteiger partial charge in [-0.2, -0.15) is 0 Å². The molecular weight excluding hydrogens is 134 g/mol. The Bertz CT molecular complexity index is 101. The zero-order valence-electron chi connectivity index (χ0n) is 8.70. The average Bonchev–Trinajstić information content (AvgIpc) is 2.03. The van der Waals surface area contributed by atoms with E-state index in [9.17, 15) is 0 Å². The molecule has 0 heterocycles. The maximum absolute atomic E-state index is 3.43. The molecule has 0 amide bonds. The van der Waals surface area contributed by atoms with Gasteiger partial charge in [0.25, 0.3) is 0 Å². The zero-order valence-corrected chi connectivity index (χ0v) is 8.70. The Morgan fingerprint density at radius 2 is 1.91 bits per heavy atom. The molecule has 1 N–H and O–H groups in total. The predicted molar refractivity (Wildman–Crippen MR) is 51.8 cm³/mol. The molecule has 1 nitrogen and oxygen atoms in total. The fourth-order valence-electron chi connectivity index (χ4n) is 1.59. The number of rotatable bonds is 5. The van der Waals surface area contributed by atoms with Crippen molar-refractivity contribution in [3.8, 4) is 0 Å². The second kappa shape index (κ2) is 4.76. The van der Waals surface area contributed by atoms with E-state index in [0.717, 1.165) is 5.92 Å². The van der Waals surface area contributed by atoms with Crippen molar-refractivity contribution < 1.29 is 0 Å². The topological polar surface area (TPSA) is 12.0 Å². The Balaban J connectivity index is 4.07. The van der Waals surface area contributed by atoms with Gasteiger partial charge >= 0.3 is 0 Å². The number of nitrogens with one attached hydrogen (secondary N) is 1. The molecular formula is C10H23N. The highest BCUT2D eigenvalue weighted by Crippen LogP contribution is 2.24. The minimum Gasteiger partial charge on any atom is -0.314 e. The van der Waals surface area contributed by atoms with Crippen molar-refractivity contribution in [2.45, 2.75) is 52.5 Å². The maximum Gasteiger partial charge on any atom is 0.0175 e. The van der Waals surface area contributed by atoms with Gasteiger partial charge in [-0.25, -0.2) is 0 Å². The molecule has 0 fully saturated rings. The quantitative estimate of drug-likeness (QED) is 0.647. The van der Waals surface area contributed by atoms with Crippen molar-refractivity contribution in [3.63, 3.8) is 0 Å². The van der Waals surface area contributed by atoms with Gasteiger partial charge in [0.05, 0.1) is 0 Å². The predicted octanol–water partition coefficient (Wildman–Crippen LogP) is 2.81. The summed E-state index contributed by atoms with van der Waals surface area (Å²) in [4.78, 5) is 0. The summed E-state index contributed by atoms with van der Waals surface area (Å²) in [5.74, 6) is 0.771. The van der Waals surface area contributed by atoms with Crippen LogP contribution >= 0.6 is 0 Å². The van der Waals surface area contributed by atoms with E-state index in [1.165, 1.54) is 19.3 Å². The van der Waals surface area contributed by atoms with Gasteiger partial charge in [0, 0.05) is 5.54 Å². The van der Waals surface area contributed by atoms with Crippen LogP contribution in [0.3, 0.4) is 0 Å². The summed E-state index contributed by atoms with van der Waals surface area (Å²) < 4.78 is 0. The molecule has 0 aromatic carbocycles. The van der Waals surface area contributed by atoms with Crippen LogP contribution in [0, 0.1) is 5.92 Å². The second-order valence-corrected chi connectivity index (χ2v) is 3.73. The van der Waals surface area contributed by atoms with Crippen molar-refractivity contribution in [3.05, 3.63) is 0 Å². The van der Waals surface area contributed by atoms with E-state index in [1.807, 2.05) is 0 Å². The highest BCUT2D eigenvalue weighted by molar-refractivity contribution is 4.85. The van der Waals surface area contributed by atoms with Gasteiger partial charge in [-0.3, -0.25) is 0 Å². The molecule has 0 saturated carbocycles. The minimum absolute atomic E-state index is 0.351. The lowest BCUT2D eigenvalue weighted by atomic mass is 9.82. The first-order valence-corrected chi connectivity index (χ1v) is 4.79. The molecule has 1 unspecified atom stereocenters. The summed E-state index contributed by atoms with van der Waals surface area (Å²) in [5, 5.41) is 3.43. The first kappa shape index (κ1) is 11.0. The van der Waals surface area contributed by atoms with E-state index >= 15 is 0 Å². The van der Waals surface area contributed by atoms with Crippen molar-refractivity contribution in [1.82, 2.24) is 5.32 Å². The summed E-state index contributed by atoms with van der Waals surface area (Å²) in [6, 6.07) is 0. The maximum atomic E-state index is 3.43. The smallest absolute Gasteiger partial charge is 0.0175 e. The summed E-state index contributed by atoms with van der Waals surface area (Å²) in [5.41, 5.74) is 0.351. The molecule has 0 aliphatic carbocycles. The monoisotopic (exact) mass is 157 g/mol. The molecule has 0 aliphatic rings. The summed E-state index contributed by atoms with van der Waals surface area (Å²) in [7, 11) is 2.07. The Morgan fingerprint density at radius 1 is 1.36 bits per heavy atom. The van der Waals surface area contributed by atoms with Crippen molar-refractivity contribution in [2.75, 3.05) is 7.05 Å². The zero-order chi connectivity index (χ0) is 8.91. The fourth-order valence-corrected chi connectivity index (χ4v) is 1.59. The first-order chi connectivity index (χ1) is 5.10. The Kier molecular flexibility index (Phi) is 4.74. The Hall–Kier alpha value is -0.0400. The van der Waals surface area contributed by atoms with Gasteiger partial charge in [-0.05, 0) is 26.3 Å². The molecule has 0 saturated heterocycles. The van der Waals surface area contributed by atoms with Gasteiger partial charge < -0.3 is 5.32 Å². The highest BCUT2D eigenvalue weighted by atomic mass is 14.9. The lowest BCUT2D eigenvalue weighted by Crippen LogP contribution is -2.45. The standard InChI is InChI=1S/C10H23N/c1-6-8-10(4,11-5)9(3)7-2/h9,11H,6-8H2,1-5H3/t9-,10?/m0/s1. The molecule has 0 rings (SSSR count). The normalized spacial score (nSPS) is 19.4. The van der Waals surface area contributed by atoms with E-state index in [-0.39, 0.29) is 0 Å². The van der Waals surface area contributed by atoms with Crippen LogP contribution < -0.4 is 5.32 Å². The third-order valence-electron chi connectivity index (χ3n) is 3.04. The van der Waals surface area contributed by atoms with E-state index < -0.39 is 0 Å². The third-order valence-corrected chi connectivity index (χ3v) is 3.04. The SMILES string of the molecule is CCCC(C)(NC)[C@@H](C)CC. The molecule has 11 heavy (non-hydrogen) atoms. The lowest BCUT2D eigenvalue weighted by molar-refractivity contribution is 0.236. The van der Waals surface area contributed by atoms with Crippen LogP contribution in [0.1, 0.15) is 47.0 Å². The summed E-state index contributed by atoms with van der Waals surface area (Å²) in [6.45, 7) is 9.16. The van der Waals surface area contributed by atoms with Crippen LogP contribution in [0.15, 0.2) is 0 Å². The molecule has 0 aromatic heterocycles. The van der Waals surface area contributed by atoms with Gasteiger partial charge in [0.2, 0.25) is 0 Å². The summed E-state index contributed by atoms with van der Waals surface area (Å²) >= 11 is 0. The van der Waals surface area contributed by atoms with Gasteiger partial charge in [0.1, 0.15) is 0 Å². The first-order valence-electron chi connectivity index (χ1n) is 4.79.